The van der Waals surface area contributed by atoms with Gasteiger partial charge in [0.15, 0.2) is 6.29 Å². The van der Waals surface area contributed by atoms with Crippen LogP contribution in [0.15, 0.2) is 67.1 Å². The van der Waals surface area contributed by atoms with Gasteiger partial charge in [-0.1, -0.05) is 6.07 Å². The number of nitrogens with zero attached hydrogens (tertiary/aromatic N) is 3. The average molecular weight is 474 g/mol. The van der Waals surface area contributed by atoms with E-state index in [9.17, 15) is 4.79 Å². The minimum Gasteiger partial charge on any atom is -0.388 e. The molecule has 0 atom stereocenters. The first-order chi connectivity index (χ1) is 16.6. The van der Waals surface area contributed by atoms with Crippen LogP contribution in [-0.2, 0) is 6.54 Å². The summed E-state index contributed by atoms with van der Waals surface area (Å²) in [5.41, 5.74) is 5.32. The summed E-state index contributed by atoms with van der Waals surface area (Å²) in [7, 11) is 5.74. The minimum absolute atomic E-state index is 0.693. The number of hydrogen-bond acceptors (Lipinski definition) is 8. The molecule has 0 spiro atoms. The summed E-state index contributed by atoms with van der Waals surface area (Å²) < 4.78 is 1.98. The molecule has 5 aromatic rings. The van der Waals surface area contributed by atoms with Gasteiger partial charge < -0.3 is 25.7 Å². The van der Waals surface area contributed by atoms with Crippen molar-refractivity contribution in [2.24, 2.45) is 0 Å². The van der Waals surface area contributed by atoms with Crippen molar-refractivity contribution in [1.29, 1.82) is 0 Å². The quantitative estimate of drug-likeness (QED) is 0.247. The topological polar surface area (TPSA) is 95.4 Å². The van der Waals surface area contributed by atoms with Crippen molar-refractivity contribution >= 4 is 56.4 Å². The lowest BCUT2D eigenvalue weighted by Gasteiger charge is -2.12. The number of fused-ring (bicyclic) bond motifs is 2. The number of aldehydes is 1. The van der Waals surface area contributed by atoms with E-state index in [-0.39, 0.29) is 0 Å². The maximum Gasteiger partial charge on any atom is 0.160 e. The van der Waals surface area contributed by atoms with Crippen LogP contribution in [0.4, 0.5) is 22.9 Å². The Kier molecular flexibility index (Phi) is 7.36. The third kappa shape index (κ3) is 5.33. The summed E-state index contributed by atoms with van der Waals surface area (Å²) in [6, 6.07) is 15.9. The van der Waals surface area contributed by atoms with E-state index in [1.54, 1.807) is 6.20 Å². The number of carbonyl (C=O) groups excluding carboxylic acids is 1. The lowest BCUT2D eigenvalue weighted by atomic mass is 10.1. The molecule has 5 rings (SSSR count). The third-order valence-electron chi connectivity index (χ3n) is 5.21. The van der Waals surface area contributed by atoms with E-state index in [1.807, 2.05) is 74.3 Å². The van der Waals surface area contributed by atoms with Crippen molar-refractivity contribution in [3.05, 3.63) is 77.6 Å². The van der Waals surface area contributed by atoms with Gasteiger partial charge in [0, 0.05) is 56.0 Å². The van der Waals surface area contributed by atoms with Gasteiger partial charge in [-0.3, -0.25) is 4.79 Å². The molecule has 9 heteroatoms. The second-order valence-electron chi connectivity index (χ2n) is 7.50. The Bertz CT molecular complexity index is 1410. The van der Waals surface area contributed by atoms with Crippen molar-refractivity contribution in [3.63, 3.8) is 0 Å². The van der Waals surface area contributed by atoms with E-state index in [1.165, 1.54) is 16.9 Å². The fourth-order valence-electron chi connectivity index (χ4n) is 3.51. The lowest BCUT2D eigenvalue weighted by Crippen LogP contribution is -2.08. The summed E-state index contributed by atoms with van der Waals surface area (Å²) in [5.74, 6) is 0.764. The molecule has 0 saturated heterocycles. The summed E-state index contributed by atoms with van der Waals surface area (Å²) >= 11 is 1.40. The Morgan fingerprint density at radius 1 is 1.00 bits per heavy atom. The first kappa shape index (κ1) is 23.2. The van der Waals surface area contributed by atoms with Crippen LogP contribution in [0.2, 0.25) is 0 Å². The number of imidazole rings is 1. The number of hydrogen-bond donors (Lipinski definition) is 4. The number of aromatic nitrogens is 3. The molecule has 0 fully saturated rings. The first-order valence-corrected chi connectivity index (χ1v) is 11.6. The predicted octanol–water partition coefficient (Wildman–Crippen LogP) is 4.99. The Balaban J connectivity index is 0.000000207. The molecule has 0 unspecified atom stereocenters. The molecule has 0 bridgehead atoms. The normalized spacial score (nSPS) is 10.6. The highest BCUT2D eigenvalue weighted by atomic mass is 32.1. The van der Waals surface area contributed by atoms with Crippen LogP contribution in [0.5, 0.6) is 0 Å². The monoisotopic (exact) mass is 473 g/mol. The predicted molar refractivity (Wildman–Crippen MR) is 142 cm³/mol. The van der Waals surface area contributed by atoms with Crippen LogP contribution < -0.4 is 21.3 Å². The fourth-order valence-corrected chi connectivity index (χ4v) is 4.36. The lowest BCUT2D eigenvalue weighted by molar-refractivity contribution is 0.112. The van der Waals surface area contributed by atoms with Crippen LogP contribution in [0.1, 0.15) is 15.2 Å². The Hall–Kier alpha value is -3.95. The zero-order chi connectivity index (χ0) is 23.9. The molecular formula is C25H27N7OS. The smallest absolute Gasteiger partial charge is 0.160 e. The fraction of sp³-hybridized carbons (Fsp3) is 0.160. The molecule has 34 heavy (non-hydrogen) atoms. The van der Waals surface area contributed by atoms with E-state index in [4.69, 9.17) is 0 Å². The molecule has 1 aromatic carbocycles. The highest BCUT2D eigenvalue weighted by Crippen LogP contribution is 2.27. The van der Waals surface area contributed by atoms with Gasteiger partial charge >= 0.3 is 0 Å². The maximum absolute atomic E-state index is 10.9. The van der Waals surface area contributed by atoms with Crippen LogP contribution in [0.3, 0.4) is 0 Å². The van der Waals surface area contributed by atoms with Crippen LogP contribution in [0.25, 0.3) is 15.9 Å². The molecule has 0 saturated carbocycles. The standard InChI is InChI=1S/C17H18N4OS.C8H9N3/c1-18-9-12-3-5-13(8-15(12)19-2)20-16-6-4-11-7-14(10-22)23-17(11)21-16;1-9-7-2-3-8-10-4-5-11(8)6-7/h3-8,10,18-19H,9H2,1-2H3,(H,20,21);2-6,9H,1H3. The zero-order valence-corrected chi connectivity index (χ0v) is 20.1. The van der Waals surface area contributed by atoms with E-state index >= 15 is 0 Å². The number of anilines is 4. The highest BCUT2D eigenvalue weighted by molar-refractivity contribution is 7.20. The number of benzene rings is 1. The molecule has 0 radical (unpaired) electrons. The zero-order valence-electron chi connectivity index (χ0n) is 19.3. The molecule has 8 nitrogen and oxygen atoms in total. The van der Waals surface area contributed by atoms with Gasteiger partial charge in [-0.2, -0.15) is 0 Å². The Labute approximate surface area is 202 Å². The molecular weight excluding hydrogens is 446 g/mol. The molecule has 0 amide bonds. The molecule has 4 heterocycles. The van der Waals surface area contributed by atoms with Crippen molar-refractivity contribution in [1.82, 2.24) is 19.7 Å². The first-order valence-electron chi connectivity index (χ1n) is 10.8. The summed E-state index contributed by atoms with van der Waals surface area (Å²) in [5, 5.41) is 13.7. The molecule has 4 N–H and O–H groups in total. The third-order valence-corrected chi connectivity index (χ3v) is 6.18. The molecule has 4 aromatic heterocycles. The van der Waals surface area contributed by atoms with Crippen molar-refractivity contribution in [3.8, 4) is 0 Å². The van der Waals surface area contributed by atoms with Gasteiger partial charge in [0.2, 0.25) is 0 Å². The van der Waals surface area contributed by atoms with Crippen LogP contribution in [0, 0.1) is 0 Å². The van der Waals surface area contributed by atoms with Crippen LogP contribution >= 0.6 is 11.3 Å². The average Bonchev–Trinajstić information content (AvgIpc) is 3.51. The SMILES string of the molecule is CNCc1ccc(Nc2ccc3cc(C=O)sc3n2)cc1NC.CNc1ccc2nccn2c1. The Morgan fingerprint density at radius 2 is 1.85 bits per heavy atom. The van der Waals surface area contributed by atoms with E-state index < -0.39 is 0 Å². The second kappa shape index (κ2) is 10.8. The van der Waals surface area contributed by atoms with Gasteiger partial charge in [0.1, 0.15) is 16.3 Å². The second-order valence-corrected chi connectivity index (χ2v) is 8.56. The molecule has 0 aliphatic carbocycles. The summed E-state index contributed by atoms with van der Waals surface area (Å²) in [4.78, 5) is 21.1. The summed E-state index contributed by atoms with van der Waals surface area (Å²) in [6.07, 6.45) is 6.58. The summed E-state index contributed by atoms with van der Waals surface area (Å²) in [6.45, 7) is 0.810. The van der Waals surface area contributed by atoms with E-state index in [0.717, 1.165) is 51.6 Å². The largest absolute Gasteiger partial charge is 0.388 e. The number of nitrogens with one attached hydrogen (secondary N) is 4. The molecule has 0 aliphatic heterocycles. The van der Waals surface area contributed by atoms with Gasteiger partial charge in [0.05, 0.1) is 10.6 Å². The molecule has 174 valence electrons. The number of pyridine rings is 2. The van der Waals surface area contributed by atoms with Gasteiger partial charge in [-0.15, -0.1) is 11.3 Å². The number of rotatable bonds is 7. The van der Waals surface area contributed by atoms with Crippen molar-refractivity contribution in [2.75, 3.05) is 37.1 Å². The molecule has 0 aliphatic rings. The maximum atomic E-state index is 10.9. The highest BCUT2D eigenvalue weighted by Gasteiger charge is 2.06. The Morgan fingerprint density at radius 3 is 2.62 bits per heavy atom. The van der Waals surface area contributed by atoms with Crippen LogP contribution in [-0.4, -0.2) is 41.8 Å². The van der Waals surface area contributed by atoms with Gasteiger partial charge in [0.25, 0.3) is 0 Å². The number of carbonyl (C=O) groups is 1. The minimum atomic E-state index is 0.693. The number of thiophene rings is 1. The van der Waals surface area contributed by atoms with Crippen molar-refractivity contribution in [2.45, 2.75) is 6.54 Å². The van der Waals surface area contributed by atoms with Gasteiger partial charge in [-0.05, 0) is 55.1 Å². The van der Waals surface area contributed by atoms with E-state index in [0.29, 0.717) is 4.88 Å². The van der Waals surface area contributed by atoms with E-state index in [2.05, 4.69) is 43.4 Å². The van der Waals surface area contributed by atoms with Crippen molar-refractivity contribution < 1.29 is 4.79 Å². The van der Waals surface area contributed by atoms with Gasteiger partial charge in [-0.25, -0.2) is 9.97 Å².